The number of carbonyl (C=O) groups is 1. The van der Waals surface area contributed by atoms with E-state index < -0.39 is 62.5 Å². The lowest BCUT2D eigenvalue weighted by molar-refractivity contribution is -0.433. The van der Waals surface area contributed by atoms with Gasteiger partial charge in [0.25, 0.3) is 10.1 Å². The number of esters is 1. The smallest absolute Gasteiger partial charge is 0.415 e. The summed E-state index contributed by atoms with van der Waals surface area (Å²) in [6.45, 7) is 1.46. The lowest BCUT2D eigenvalue weighted by Gasteiger charge is -2.30. The van der Waals surface area contributed by atoms with Gasteiger partial charge in [0, 0.05) is 6.42 Å². The molecule has 0 amide bonds. The second-order valence-electron chi connectivity index (χ2n) is 5.26. The number of hydrogen-bond acceptors (Lipinski definition) is 10. The van der Waals surface area contributed by atoms with Crippen LogP contribution in [0.3, 0.4) is 0 Å². The van der Waals surface area contributed by atoms with Gasteiger partial charge < -0.3 is 9.47 Å². The van der Waals surface area contributed by atoms with E-state index in [4.69, 9.17) is 14.2 Å². The number of alkyl halides is 2. The number of carbonyl (C=O) groups excluding carboxylic acids is 1. The normalized spacial score (nSPS) is 41.8. The highest BCUT2D eigenvalue weighted by Gasteiger charge is 2.73. The van der Waals surface area contributed by atoms with E-state index in [9.17, 15) is 22.0 Å². The fourth-order valence-corrected chi connectivity index (χ4v) is 5.13. The van der Waals surface area contributed by atoms with Crippen molar-refractivity contribution in [3.8, 4) is 0 Å². The Morgan fingerprint density at radius 1 is 1.50 bits per heavy atom. The molecule has 2 bridgehead atoms. The standard InChI is InChI=1S/C9H10F2O9S2/c1-8-2-3-4(17-8)5(22(14,15)18-3)6(8)16-7(12)9(10,11)21-20-19-13/h3-6,13H,2H2,1H3. The number of hydrogen-bond donors (Lipinski definition) is 1. The first-order valence-corrected chi connectivity index (χ1v) is 8.17. The third kappa shape index (κ3) is 2.31. The van der Waals surface area contributed by atoms with Gasteiger partial charge in [0.1, 0.15) is 29.9 Å². The molecule has 126 valence electrons. The van der Waals surface area contributed by atoms with E-state index in [-0.39, 0.29) is 6.42 Å². The van der Waals surface area contributed by atoms with Gasteiger partial charge in [-0.25, -0.2) is 10.1 Å². The molecule has 22 heavy (non-hydrogen) atoms. The Hall–Kier alpha value is -0.570. The van der Waals surface area contributed by atoms with Crippen LogP contribution in [0.4, 0.5) is 8.78 Å². The van der Waals surface area contributed by atoms with Crippen LogP contribution in [0, 0.1) is 0 Å². The Bertz CT molecular complexity index is 592. The van der Waals surface area contributed by atoms with E-state index in [1.807, 2.05) is 0 Å². The van der Waals surface area contributed by atoms with Crippen molar-refractivity contribution in [2.24, 2.45) is 0 Å². The lowest BCUT2D eigenvalue weighted by atomic mass is 9.85. The lowest BCUT2D eigenvalue weighted by Crippen LogP contribution is -2.50. The maximum atomic E-state index is 13.4. The van der Waals surface area contributed by atoms with Crippen LogP contribution in [-0.2, 0) is 37.9 Å². The number of fused-ring (bicyclic) bond motifs is 1. The first kappa shape index (κ1) is 16.3. The van der Waals surface area contributed by atoms with E-state index in [2.05, 4.69) is 14.1 Å². The van der Waals surface area contributed by atoms with Gasteiger partial charge in [-0.2, -0.15) is 17.2 Å². The zero-order chi connectivity index (χ0) is 16.3. The van der Waals surface area contributed by atoms with E-state index in [0.717, 1.165) is 0 Å². The van der Waals surface area contributed by atoms with E-state index >= 15 is 0 Å². The Kier molecular flexibility index (Phi) is 3.67. The molecule has 3 heterocycles. The second-order valence-corrected chi connectivity index (χ2v) is 7.80. The fourth-order valence-electron chi connectivity index (χ4n) is 3.04. The van der Waals surface area contributed by atoms with Gasteiger partial charge in [-0.05, 0) is 6.92 Å². The van der Waals surface area contributed by atoms with Crippen molar-refractivity contribution in [3.63, 3.8) is 0 Å². The Morgan fingerprint density at radius 2 is 2.18 bits per heavy atom. The molecule has 3 rings (SSSR count). The molecule has 3 aliphatic heterocycles. The molecule has 0 aromatic heterocycles. The molecule has 3 fully saturated rings. The molecule has 3 saturated heterocycles. The highest BCUT2D eigenvalue weighted by Crippen LogP contribution is 2.54. The van der Waals surface area contributed by atoms with Crippen LogP contribution < -0.4 is 0 Å². The Labute approximate surface area is 127 Å². The zero-order valence-electron chi connectivity index (χ0n) is 10.8. The molecule has 13 heteroatoms. The third-order valence-corrected chi connectivity index (χ3v) is 6.04. The first-order valence-electron chi connectivity index (χ1n) is 5.95. The van der Waals surface area contributed by atoms with Crippen LogP contribution >= 0.6 is 12.0 Å². The molecule has 0 saturated carbocycles. The highest BCUT2D eigenvalue weighted by atomic mass is 32.2. The third-order valence-electron chi connectivity index (χ3n) is 3.83. The Morgan fingerprint density at radius 3 is 2.82 bits per heavy atom. The maximum absolute atomic E-state index is 13.4. The minimum Gasteiger partial charge on any atom is -0.453 e. The molecule has 5 unspecified atom stereocenters. The molecule has 0 spiro atoms. The summed E-state index contributed by atoms with van der Waals surface area (Å²) < 4.78 is 69.0. The van der Waals surface area contributed by atoms with Gasteiger partial charge in [0.2, 0.25) is 0 Å². The molecule has 1 N–H and O–H groups in total. The molecule has 0 radical (unpaired) electrons. The summed E-state index contributed by atoms with van der Waals surface area (Å²) in [6.07, 6.45) is -2.89. The van der Waals surface area contributed by atoms with Gasteiger partial charge in [-0.1, -0.05) is 5.04 Å². The van der Waals surface area contributed by atoms with E-state index in [0.29, 0.717) is 0 Å². The Balaban J connectivity index is 1.79. The van der Waals surface area contributed by atoms with Gasteiger partial charge >= 0.3 is 11.2 Å². The molecule has 3 aliphatic rings. The van der Waals surface area contributed by atoms with Crippen molar-refractivity contribution in [2.75, 3.05) is 0 Å². The van der Waals surface area contributed by atoms with Crippen molar-refractivity contribution in [3.05, 3.63) is 0 Å². The average Bonchev–Trinajstić information content (AvgIpc) is 2.91. The molecule has 0 aliphatic carbocycles. The summed E-state index contributed by atoms with van der Waals surface area (Å²) in [5.74, 6) is -2.05. The molecule has 9 nitrogen and oxygen atoms in total. The average molecular weight is 364 g/mol. The number of rotatable bonds is 5. The van der Waals surface area contributed by atoms with Crippen LogP contribution in [0.2, 0.25) is 0 Å². The topological polar surface area (TPSA) is 118 Å². The fraction of sp³-hybridized carbons (Fsp3) is 0.889. The summed E-state index contributed by atoms with van der Waals surface area (Å²) in [6, 6.07) is 0. The summed E-state index contributed by atoms with van der Waals surface area (Å²) in [5.41, 5.74) is -1.23. The van der Waals surface area contributed by atoms with Gasteiger partial charge in [0.15, 0.2) is 11.4 Å². The van der Waals surface area contributed by atoms with Crippen molar-refractivity contribution >= 4 is 28.1 Å². The summed E-state index contributed by atoms with van der Waals surface area (Å²) >= 11 is -0.793. The minimum absolute atomic E-state index is 0.0975. The van der Waals surface area contributed by atoms with Crippen molar-refractivity contribution in [1.29, 1.82) is 0 Å². The van der Waals surface area contributed by atoms with Gasteiger partial charge in [-0.3, -0.25) is 4.18 Å². The largest absolute Gasteiger partial charge is 0.453 e. The predicted molar refractivity (Wildman–Crippen MR) is 62.7 cm³/mol. The first-order chi connectivity index (χ1) is 10.1. The summed E-state index contributed by atoms with van der Waals surface area (Å²) in [5, 5.41) is 5.25. The van der Waals surface area contributed by atoms with E-state index in [1.165, 1.54) is 6.92 Å². The number of ether oxygens (including phenoxy) is 2. The van der Waals surface area contributed by atoms with E-state index in [1.54, 1.807) is 0 Å². The SMILES string of the molecule is CC12CC3OS(=O)(=O)C(C3O1)C2OC(=O)C(F)(F)SOOO. The van der Waals surface area contributed by atoms with Crippen molar-refractivity contribution in [2.45, 2.75) is 47.8 Å². The molecule has 0 aromatic carbocycles. The van der Waals surface area contributed by atoms with Crippen LogP contribution in [0.5, 0.6) is 0 Å². The van der Waals surface area contributed by atoms with Gasteiger partial charge in [-0.15, -0.1) is 4.33 Å². The van der Waals surface area contributed by atoms with Gasteiger partial charge in [0.05, 0.1) is 0 Å². The molecular formula is C9H10F2O9S2. The van der Waals surface area contributed by atoms with Crippen molar-refractivity contribution < 1.29 is 50.3 Å². The molecular weight excluding hydrogens is 354 g/mol. The summed E-state index contributed by atoms with van der Waals surface area (Å²) in [4.78, 5) is 11.5. The highest BCUT2D eigenvalue weighted by molar-refractivity contribution is 7.96. The second kappa shape index (κ2) is 4.96. The molecule has 0 aromatic rings. The van der Waals surface area contributed by atoms with Crippen LogP contribution in [-0.4, -0.2) is 54.1 Å². The predicted octanol–water partition coefficient (Wildman–Crippen LogP) is 0.219. The zero-order valence-corrected chi connectivity index (χ0v) is 12.4. The quantitative estimate of drug-likeness (QED) is 0.239. The minimum atomic E-state index is -4.22. The monoisotopic (exact) mass is 364 g/mol. The van der Waals surface area contributed by atoms with Crippen LogP contribution in [0.25, 0.3) is 0 Å². The number of halogens is 2. The van der Waals surface area contributed by atoms with Crippen LogP contribution in [0.15, 0.2) is 0 Å². The van der Waals surface area contributed by atoms with Crippen LogP contribution in [0.1, 0.15) is 13.3 Å². The van der Waals surface area contributed by atoms with Crippen molar-refractivity contribution in [1.82, 2.24) is 0 Å². The molecule has 5 atom stereocenters. The maximum Gasteiger partial charge on any atom is 0.415 e. The summed E-state index contributed by atoms with van der Waals surface area (Å²) in [7, 11) is -4.08.